The third-order valence-electron chi connectivity index (χ3n) is 2.57. The van der Waals surface area contributed by atoms with E-state index < -0.39 is 0 Å². The number of hydrogen-bond acceptors (Lipinski definition) is 4. The molecule has 0 N–H and O–H groups in total. The molecule has 0 bridgehead atoms. The average molecular weight is 261 g/mol. The summed E-state index contributed by atoms with van der Waals surface area (Å²) in [5.41, 5.74) is 2.42. The highest BCUT2D eigenvalue weighted by atomic mass is 35.5. The summed E-state index contributed by atoms with van der Waals surface area (Å²) in [4.78, 5) is 8.38. The third kappa shape index (κ3) is 1.78. The molecular formula is C12H9ClN4O. The molecule has 0 unspecified atom stereocenters. The molecule has 0 aliphatic heterocycles. The molecule has 3 rings (SSSR count). The number of methoxy groups -OCH3 is 1. The molecule has 90 valence electrons. The number of imidazole rings is 1. The van der Waals surface area contributed by atoms with E-state index in [1.54, 1.807) is 36.3 Å². The van der Waals surface area contributed by atoms with E-state index in [1.807, 2.05) is 12.1 Å². The van der Waals surface area contributed by atoms with Crippen molar-refractivity contribution >= 4 is 17.2 Å². The molecule has 3 aromatic heterocycles. The van der Waals surface area contributed by atoms with Gasteiger partial charge in [0.15, 0.2) is 5.65 Å². The van der Waals surface area contributed by atoms with E-state index in [0.29, 0.717) is 10.9 Å². The maximum Gasteiger partial charge on any atom is 0.154 e. The van der Waals surface area contributed by atoms with Crippen molar-refractivity contribution in [2.24, 2.45) is 0 Å². The molecule has 18 heavy (non-hydrogen) atoms. The van der Waals surface area contributed by atoms with E-state index in [0.717, 1.165) is 16.9 Å². The zero-order valence-electron chi connectivity index (χ0n) is 9.54. The van der Waals surface area contributed by atoms with Gasteiger partial charge in [-0.15, -0.1) is 0 Å². The summed E-state index contributed by atoms with van der Waals surface area (Å²) in [5, 5.41) is 4.63. The minimum atomic E-state index is 0.414. The molecule has 3 aromatic rings. The summed E-state index contributed by atoms with van der Waals surface area (Å²) in [6, 6.07) is 5.39. The monoisotopic (exact) mass is 260 g/mol. The van der Waals surface area contributed by atoms with Gasteiger partial charge in [-0.05, 0) is 18.2 Å². The number of halogens is 1. The second-order valence-corrected chi connectivity index (χ2v) is 4.07. The summed E-state index contributed by atoms with van der Waals surface area (Å²) in [7, 11) is 1.60. The lowest BCUT2D eigenvalue weighted by molar-refractivity contribution is 0.413. The van der Waals surface area contributed by atoms with Crippen LogP contribution in [0.2, 0.25) is 5.15 Å². The molecule has 3 heterocycles. The van der Waals surface area contributed by atoms with Gasteiger partial charge in [-0.25, -0.2) is 9.50 Å². The van der Waals surface area contributed by atoms with Crippen LogP contribution in [0, 0.1) is 0 Å². The van der Waals surface area contributed by atoms with Gasteiger partial charge in [0.05, 0.1) is 25.2 Å². The lowest BCUT2D eigenvalue weighted by atomic mass is 10.2. The largest absolute Gasteiger partial charge is 0.495 e. The molecular weight excluding hydrogens is 252 g/mol. The van der Waals surface area contributed by atoms with E-state index in [4.69, 9.17) is 16.3 Å². The van der Waals surface area contributed by atoms with Crippen LogP contribution in [0.4, 0.5) is 0 Å². The number of aromatic nitrogens is 4. The summed E-state index contributed by atoms with van der Waals surface area (Å²) in [5.74, 6) is 0.685. The summed E-state index contributed by atoms with van der Waals surface area (Å²) < 4.78 is 6.83. The highest BCUT2D eigenvalue weighted by Crippen LogP contribution is 2.23. The van der Waals surface area contributed by atoms with Gasteiger partial charge in [-0.2, -0.15) is 5.10 Å². The van der Waals surface area contributed by atoms with Crippen LogP contribution in [0.5, 0.6) is 5.75 Å². The molecule has 5 nitrogen and oxygen atoms in total. The van der Waals surface area contributed by atoms with Crippen LogP contribution in [0.15, 0.2) is 36.8 Å². The molecule has 0 saturated carbocycles. The van der Waals surface area contributed by atoms with Gasteiger partial charge in [-0.3, -0.25) is 4.98 Å². The summed E-state index contributed by atoms with van der Waals surface area (Å²) >= 11 is 5.89. The maximum absolute atomic E-state index is 5.89. The van der Waals surface area contributed by atoms with Gasteiger partial charge in [0.1, 0.15) is 10.9 Å². The minimum Gasteiger partial charge on any atom is -0.495 e. The van der Waals surface area contributed by atoms with Crippen molar-refractivity contribution in [3.8, 4) is 17.0 Å². The fourth-order valence-electron chi connectivity index (χ4n) is 1.72. The molecule has 0 spiro atoms. The Morgan fingerprint density at radius 1 is 1.22 bits per heavy atom. The van der Waals surface area contributed by atoms with Gasteiger partial charge in [0, 0.05) is 11.8 Å². The van der Waals surface area contributed by atoms with E-state index >= 15 is 0 Å². The number of fused-ring (bicyclic) bond motifs is 1. The average Bonchev–Trinajstić information content (AvgIpc) is 2.81. The van der Waals surface area contributed by atoms with Gasteiger partial charge in [0.25, 0.3) is 0 Å². The highest BCUT2D eigenvalue weighted by molar-refractivity contribution is 6.29. The second kappa shape index (κ2) is 4.27. The van der Waals surface area contributed by atoms with Gasteiger partial charge in [0.2, 0.25) is 0 Å². The number of rotatable bonds is 2. The van der Waals surface area contributed by atoms with Crippen LogP contribution in [-0.4, -0.2) is 26.7 Å². The molecule has 0 atom stereocenters. The number of hydrogen-bond donors (Lipinski definition) is 0. The standard InChI is InChI=1S/C12H9ClN4O/c1-18-9-4-8(5-14-6-9)10-7-15-12-3-2-11(13)16-17(10)12/h2-7H,1H3. The van der Waals surface area contributed by atoms with Gasteiger partial charge >= 0.3 is 0 Å². The Labute approximate surface area is 108 Å². The van der Waals surface area contributed by atoms with E-state index in [9.17, 15) is 0 Å². The first kappa shape index (κ1) is 11.0. The molecule has 0 fully saturated rings. The third-order valence-corrected chi connectivity index (χ3v) is 2.78. The normalized spacial score (nSPS) is 10.8. The Balaban J connectivity index is 2.21. The van der Waals surface area contributed by atoms with Crippen molar-refractivity contribution < 1.29 is 4.74 Å². The number of pyridine rings is 1. The molecule has 0 aromatic carbocycles. The first-order valence-electron chi connectivity index (χ1n) is 5.27. The van der Waals surface area contributed by atoms with Crippen molar-refractivity contribution in [1.82, 2.24) is 19.6 Å². The van der Waals surface area contributed by atoms with E-state index in [1.165, 1.54) is 0 Å². The molecule has 0 aliphatic rings. The fourth-order valence-corrected chi connectivity index (χ4v) is 1.86. The quantitative estimate of drug-likeness (QED) is 0.710. The Morgan fingerprint density at radius 2 is 2.11 bits per heavy atom. The first-order valence-corrected chi connectivity index (χ1v) is 5.65. The van der Waals surface area contributed by atoms with Crippen LogP contribution >= 0.6 is 11.6 Å². The zero-order chi connectivity index (χ0) is 12.5. The fraction of sp³-hybridized carbons (Fsp3) is 0.0833. The topological polar surface area (TPSA) is 52.3 Å². The lowest BCUT2D eigenvalue weighted by Gasteiger charge is -2.03. The summed E-state index contributed by atoms with van der Waals surface area (Å²) in [6.07, 6.45) is 5.11. The van der Waals surface area contributed by atoms with Gasteiger partial charge < -0.3 is 4.74 Å². The maximum atomic E-state index is 5.89. The first-order chi connectivity index (χ1) is 8.78. The molecule has 6 heteroatoms. The van der Waals surface area contributed by atoms with Crippen LogP contribution in [0.1, 0.15) is 0 Å². The number of ether oxygens (including phenoxy) is 1. The molecule has 0 aliphatic carbocycles. The Kier molecular flexibility index (Phi) is 2.60. The molecule has 0 radical (unpaired) electrons. The van der Waals surface area contributed by atoms with Crippen molar-refractivity contribution in [3.05, 3.63) is 41.9 Å². The van der Waals surface area contributed by atoms with Crippen molar-refractivity contribution in [2.45, 2.75) is 0 Å². The van der Waals surface area contributed by atoms with E-state index in [-0.39, 0.29) is 0 Å². The smallest absolute Gasteiger partial charge is 0.154 e. The summed E-state index contributed by atoms with van der Waals surface area (Å²) in [6.45, 7) is 0. The van der Waals surface area contributed by atoms with Gasteiger partial charge in [-0.1, -0.05) is 11.6 Å². The predicted molar refractivity (Wildman–Crippen MR) is 67.8 cm³/mol. The van der Waals surface area contributed by atoms with Crippen LogP contribution in [0.3, 0.4) is 0 Å². The van der Waals surface area contributed by atoms with E-state index in [2.05, 4.69) is 15.1 Å². The zero-order valence-corrected chi connectivity index (χ0v) is 10.3. The molecule has 0 amide bonds. The van der Waals surface area contributed by atoms with Crippen molar-refractivity contribution in [1.29, 1.82) is 0 Å². The predicted octanol–water partition coefficient (Wildman–Crippen LogP) is 2.45. The Hall–Kier alpha value is -2.14. The van der Waals surface area contributed by atoms with Crippen molar-refractivity contribution in [2.75, 3.05) is 7.11 Å². The molecule has 0 saturated heterocycles. The SMILES string of the molecule is COc1cncc(-c2cnc3ccc(Cl)nn23)c1. The van der Waals surface area contributed by atoms with Crippen molar-refractivity contribution in [3.63, 3.8) is 0 Å². The second-order valence-electron chi connectivity index (χ2n) is 3.68. The van der Waals surface area contributed by atoms with Crippen LogP contribution < -0.4 is 4.74 Å². The number of nitrogens with zero attached hydrogens (tertiary/aromatic N) is 4. The Morgan fingerprint density at radius 3 is 2.94 bits per heavy atom. The lowest BCUT2D eigenvalue weighted by Crippen LogP contribution is -1.95. The van der Waals surface area contributed by atoms with Crippen LogP contribution in [0.25, 0.3) is 16.9 Å². The highest BCUT2D eigenvalue weighted by Gasteiger charge is 2.08. The Bertz CT molecular complexity index is 710. The minimum absolute atomic E-state index is 0.414. The van der Waals surface area contributed by atoms with Crippen LogP contribution in [-0.2, 0) is 0 Å².